The van der Waals surface area contributed by atoms with Crippen LogP contribution in [0.3, 0.4) is 0 Å². The number of nitrogens with zero attached hydrogens (tertiary/aromatic N) is 1. The quantitative estimate of drug-likeness (QED) is 0.317. The number of anilines is 1. The third-order valence-corrected chi connectivity index (χ3v) is 6.51. The van der Waals surface area contributed by atoms with Gasteiger partial charge in [0.2, 0.25) is 0 Å². The maximum absolute atomic E-state index is 10.6. The number of aromatic hydroxyl groups is 1. The average molecular weight is 398 g/mol. The second kappa shape index (κ2) is 8.56. The number of allylic oxidation sites excluding steroid dienone is 3. The van der Waals surface area contributed by atoms with Gasteiger partial charge in [0.1, 0.15) is 11.5 Å². The van der Waals surface area contributed by atoms with Crippen LogP contribution in [0.5, 0.6) is 5.75 Å². The lowest BCUT2D eigenvalue weighted by Gasteiger charge is -2.23. The molecule has 0 heterocycles. The zero-order chi connectivity index (χ0) is 20.3. The molecule has 1 aromatic carbocycles. The molecule has 28 heavy (non-hydrogen) atoms. The molecule has 3 rings (SSSR count). The lowest BCUT2D eigenvalue weighted by molar-refractivity contribution is 0.448. The van der Waals surface area contributed by atoms with E-state index >= 15 is 0 Å². The standard InChI is InChI=1S/C23H31N3OS/c1-15-12-18(23(2,3)4)22(27)21(13-15)26-25-20-11-10-17(14-19(20)24)28-16-8-6-5-7-9-16/h10-14,16,24,26-27H,5-9H2,1-4H3/b24-19?,25-20-. The van der Waals surface area contributed by atoms with E-state index in [0.29, 0.717) is 22.4 Å². The number of rotatable bonds is 4. The molecule has 0 atom stereocenters. The molecule has 0 bridgehead atoms. The van der Waals surface area contributed by atoms with Crippen molar-refractivity contribution in [1.82, 2.24) is 0 Å². The van der Waals surface area contributed by atoms with Gasteiger partial charge in [-0.15, -0.1) is 11.8 Å². The molecule has 2 aliphatic rings. The third-order valence-electron chi connectivity index (χ3n) is 5.18. The van der Waals surface area contributed by atoms with Crippen LogP contribution in [0.2, 0.25) is 0 Å². The van der Waals surface area contributed by atoms with E-state index in [9.17, 15) is 5.11 Å². The van der Waals surface area contributed by atoms with Crippen molar-refractivity contribution in [3.63, 3.8) is 0 Å². The van der Waals surface area contributed by atoms with Gasteiger partial charge in [0, 0.05) is 15.7 Å². The van der Waals surface area contributed by atoms with Crippen LogP contribution >= 0.6 is 11.8 Å². The maximum atomic E-state index is 10.6. The summed E-state index contributed by atoms with van der Waals surface area (Å²) >= 11 is 1.89. The zero-order valence-electron chi connectivity index (χ0n) is 17.3. The van der Waals surface area contributed by atoms with Crippen molar-refractivity contribution in [3.05, 3.63) is 46.4 Å². The predicted octanol–water partition coefficient (Wildman–Crippen LogP) is 6.31. The minimum absolute atomic E-state index is 0.162. The van der Waals surface area contributed by atoms with Crippen LogP contribution < -0.4 is 5.43 Å². The normalized spacial score (nSPS) is 19.8. The highest BCUT2D eigenvalue weighted by molar-refractivity contribution is 8.03. The Morgan fingerprint density at radius 3 is 2.50 bits per heavy atom. The Morgan fingerprint density at radius 1 is 1.14 bits per heavy atom. The highest BCUT2D eigenvalue weighted by Gasteiger charge is 2.21. The fraction of sp³-hybridized carbons (Fsp3) is 0.478. The molecule has 1 aromatic rings. The summed E-state index contributed by atoms with van der Waals surface area (Å²) in [5.41, 5.74) is 6.31. The molecular formula is C23H31N3OS. The van der Waals surface area contributed by atoms with Crippen LogP contribution in [0.1, 0.15) is 64.0 Å². The first-order valence-electron chi connectivity index (χ1n) is 10.1. The molecule has 3 N–H and O–H groups in total. The lowest BCUT2D eigenvalue weighted by atomic mass is 9.85. The van der Waals surface area contributed by atoms with Crippen LogP contribution in [0, 0.1) is 12.3 Å². The van der Waals surface area contributed by atoms with Crippen molar-refractivity contribution in [3.8, 4) is 5.75 Å². The summed E-state index contributed by atoms with van der Waals surface area (Å²) in [6.07, 6.45) is 12.4. The van der Waals surface area contributed by atoms with Gasteiger partial charge in [-0.25, -0.2) is 0 Å². The SMILES string of the molecule is Cc1cc(N/N=C2/C=CC(SC3CCCCC3)=CC2=N)c(O)c(C(C)(C)C)c1. The van der Waals surface area contributed by atoms with Crippen molar-refractivity contribution in [1.29, 1.82) is 5.41 Å². The number of benzene rings is 1. The van der Waals surface area contributed by atoms with E-state index in [1.807, 2.05) is 43.0 Å². The van der Waals surface area contributed by atoms with Crippen molar-refractivity contribution in [2.75, 3.05) is 5.43 Å². The van der Waals surface area contributed by atoms with Gasteiger partial charge in [-0.3, -0.25) is 10.8 Å². The molecule has 0 saturated heterocycles. The summed E-state index contributed by atoms with van der Waals surface area (Å²) in [7, 11) is 0. The number of aryl methyl sites for hydroxylation is 1. The highest BCUT2D eigenvalue weighted by atomic mass is 32.2. The van der Waals surface area contributed by atoms with E-state index in [0.717, 1.165) is 16.0 Å². The molecule has 0 unspecified atom stereocenters. The fourth-order valence-electron chi connectivity index (χ4n) is 3.62. The monoisotopic (exact) mass is 397 g/mol. The van der Waals surface area contributed by atoms with E-state index in [1.165, 1.54) is 32.1 Å². The number of hydrogen-bond donors (Lipinski definition) is 3. The number of thioether (sulfide) groups is 1. The smallest absolute Gasteiger partial charge is 0.144 e. The molecule has 0 spiro atoms. The van der Waals surface area contributed by atoms with E-state index in [1.54, 1.807) is 0 Å². The van der Waals surface area contributed by atoms with Gasteiger partial charge < -0.3 is 5.11 Å². The summed E-state index contributed by atoms with van der Waals surface area (Å²) in [6.45, 7) is 8.24. The molecule has 0 aromatic heterocycles. The topological polar surface area (TPSA) is 68.5 Å². The van der Waals surface area contributed by atoms with E-state index in [-0.39, 0.29) is 11.2 Å². The van der Waals surface area contributed by atoms with Gasteiger partial charge in [-0.05, 0) is 55.0 Å². The number of phenolic OH excluding ortho intramolecular Hbond substituents is 1. The zero-order valence-corrected chi connectivity index (χ0v) is 18.1. The molecule has 0 amide bonds. The number of phenols is 1. The van der Waals surface area contributed by atoms with Crippen LogP contribution in [-0.4, -0.2) is 21.8 Å². The molecule has 5 heteroatoms. The molecule has 4 nitrogen and oxygen atoms in total. The molecular weight excluding hydrogens is 366 g/mol. The van der Waals surface area contributed by atoms with Gasteiger partial charge in [0.25, 0.3) is 0 Å². The summed E-state index contributed by atoms with van der Waals surface area (Å²) < 4.78 is 0. The summed E-state index contributed by atoms with van der Waals surface area (Å²) in [5.74, 6) is 0.220. The van der Waals surface area contributed by atoms with Crippen molar-refractivity contribution in [2.24, 2.45) is 5.10 Å². The number of hydrogen-bond acceptors (Lipinski definition) is 5. The molecule has 2 aliphatic carbocycles. The molecule has 0 aliphatic heterocycles. The van der Waals surface area contributed by atoms with Gasteiger partial charge in [-0.1, -0.05) is 46.1 Å². The Hall–Kier alpha value is -2.01. The molecule has 1 saturated carbocycles. The largest absolute Gasteiger partial charge is 0.505 e. The van der Waals surface area contributed by atoms with Crippen molar-refractivity contribution < 1.29 is 5.11 Å². The first-order chi connectivity index (χ1) is 13.2. The minimum Gasteiger partial charge on any atom is -0.505 e. The van der Waals surface area contributed by atoms with Crippen molar-refractivity contribution >= 4 is 28.9 Å². The Morgan fingerprint density at radius 2 is 1.86 bits per heavy atom. The second-order valence-electron chi connectivity index (χ2n) is 8.74. The van der Waals surface area contributed by atoms with E-state index < -0.39 is 0 Å². The van der Waals surface area contributed by atoms with Crippen molar-refractivity contribution in [2.45, 2.75) is 70.5 Å². The average Bonchev–Trinajstić information content (AvgIpc) is 2.63. The third kappa shape index (κ3) is 5.07. The van der Waals surface area contributed by atoms with E-state index in [2.05, 4.69) is 37.4 Å². The van der Waals surface area contributed by atoms with Gasteiger partial charge in [0.05, 0.1) is 11.4 Å². The Balaban J connectivity index is 1.71. The molecule has 1 fully saturated rings. The number of nitrogens with one attached hydrogen (secondary N) is 2. The van der Waals surface area contributed by atoms with Gasteiger partial charge in [0.15, 0.2) is 0 Å². The highest BCUT2D eigenvalue weighted by Crippen LogP contribution is 2.37. The fourth-order valence-corrected chi connectivity index (χ4v) is 4.90. The molecule has 150 valence electrons. The summed E-state index contributed by atoms with van der Waals surface area (Å²) in [6, 6.07) is 3.89. The van der Waals surface area contributed by atoms with Gasteiger partial charge in [-0.2, -0.15) is 5.10 Å². The Labute approximate surface area is 172 Å². The second-order valence-corrected chi connectivity index (χ2v) is 10.1. The lowest BCUT2D eigenvalue weighted by Crippen LogP contribution is -2.15. The Kier molecular flexibility index (Phi) is 6.33. The minimum atomic E-state index is -0.162. The number of hydrazone groups is 1. The van der Waals surface area contributed by atoms with Gasteiger partial charge >= 0.3 is 0 Å². The molecule has 0 radical (unpaired) electrons. The predicted molar refractivity (Wildman–Crippen MR) is 122 cm³/mol. The van der Waals surface area contributed by atoms with Crippen LogP contribution in [0.25, 0.3) is 0 Å². The first-order valence-corrected chi connectivity index (χ1v) is 10.9. The van der Waals surface area contributed by atoms with Crippen LogP contribution in [0.4, 0.5) is 5.69 Å². The Bertz CT molecular complexity index is 840. The van der Waals surface area contributed by atoms with Crippen LogP contribution in [0.15, 0.2) is 40.4 Å². The maximum Gasteiger partial charge on any atom is 0.144 e. The van der Waals surface area contributed by atoms with Crippen LogP contribution in [-0.2, 0) is 5.41 Å². The summed E-state index contributed by atoms with van der Waals surface area (Å²) in [5, 5.41) is 24.0. The van der Waals surface area contributed by atoms with E-state index in [4.69, 9.17) is 5.41 Å². The summed E-state index contributed by atoms with van der Waals surface area (Å²) in [4.78, 5) is 1.14. The first kappa shape index (κ1) is 20.7.